The maximum Gasteiger partial charge on any atom is 0.233 e. The van der Waals surface area contributed by atoms with Gasteiger partial charge in [-0.15, -0.1) is 10.2 Å². The molecule has 0 N–H and O–H groups in total. The second-order valence-corrected chi connectivity index (χ2v) is 7.62. The zero-order valence-corrected chi connectivity index (χ0v) is 15.5. The number of hydrogen-bond acceptors (Lipinski definition) is 4. The average molecular weight is 365 g/mol. The van der Waals surface area contributed by atoms with E-state index in [1.807, 2.05) is 34.6 Å². The van der Waals surface area contributed by atoms with Gasteiger partial charge in [-0.2, -0.15) is 0 Å². The lowest BCUT2D eigenvalue weighted by Gasteiger charge is -2.30. The highest BCUT2D eigenvalue weighted by atomic mass is 35.5. The Morgan fingerprint density at radius 2 is 2.12 bits per heavy atom. The third-order valence-electron chi connectivity index (χ3n) is 4.41. The van der Waals surface area contributed by atoms with E-state index in [0.717, 1.165) is 43.1 Å². The van der Waals surface area contributed by atoms with Gasteiger partial charge >= 0.3 is 0 Å². The van der Waals surface area contributed by atoms with E-state index in [-0.39, 0.29) is 5.91 Å². The van der Waals surface area contributed by atoms with Crippen LogP contribution in [0.25, 0.3) is 5.69 Å². The minimum absolute atomic E-state index is 0.170. The van der Waals surface area contributed by atoms with E-state index in [1.165, 1.54) is 11.8 Å². The minimum Gasteiger partial charge on any atom is -0.342 e. The number of aromatic nitrogens is 3. The van der Waals surface area contributed by atoms with Crippen molar-refractivity contribution < 1.29 is 4.79 Å². The Bertz CT molecular complexity index is 725. The predicted octanol–water partition coefficient (Wildman–Crippen LogP) is 3.58. The molecule has 0 unspecified atom stereocenters. The first kappa shape index (κ1) is 17.3. The maximum atomic E-state index is 12.4. The van der Waals surface area contributed by atoms with E-state index in [4.69, 9.17) is 11.6 Å². The summed E-state index contributed by atoms with van der Waals surface area (Å²) in [5, 5.41) is 9.52. The minimum atomic E-state index is 0.170. The van der Waals surface area contributed by atoms with Crippen molar-refractivity contribution in [3.63, 3.8) is 0 Å². The molecule has 128 valence electrons. The second-order valence-electron chi connectivity index (χ2n) is 6.27. The maximum absolute atomic E-state index is 12.4. The van der Waals surface area contributed by atoms with Crippen LogP contribution in [0, 0.1) is 12.8 Å². The monoisotopic (exact) mass is 364 g/mol. The van der Waals surface area contributed by atoms with Gasteiger partial charge in [0, 0.05) is 18.1 Å². The third kappa shape index (κ3) is 3.92. The molecule has 5 nitrogen and oxygen atoms in total. The van der Waals surface area contributed by atoms with Gasteiger partial charge in [0.1, 0.15) is 6.33 Å². The molecule has 0 radical (unpaired) electrons. The number of piperidine rings is 1. The number of hydrogen-bond donors (Lipinski definition) is 0. The number of amides is 1. The molecule has 2 aromatic rings. The van der Waals surface area contributed by atoms with Crippen molar-refractivity contribution in [3.8, 4) is 5.69 Å². The molecule has 1 aliphatic rings. The molecule has 0 aliphatic carbocycles. The summed E-state index contributed by atoms with van der Waals surface area (Å²) >= 11 is 7.62. The van der Waals surface area contributed by atoms with Crippen molar-refractivity contribution in [2.45, 2.75) is 31.8 Å². The molecule has 1 aliphatic heterocycles. The Morgan fingerprint density at radius 1 is 1.38 bits per heavy atom. The fourth-order valence-electron chi connectivity index (χ4n) is 2.71. The molecule has 0 atom stereocenters. The van der Waals surface area contributed by atoms with Crippen LogP contribution in [-0.2, 0) is 4.79 Å². The molecule has 1 aromatic carbocycles. The van der Waals surface area contributed by atoms with Crippen LogP contribution in [0.5, 0.6) is 0 Å². The summed E-state index contributed by atoms with van der Waals surface area (Å²) in [6, 6.07) is 5.83. The largest absolute Gasteiger partial charge is 0.342 e. The van der Waals surface area contributed by atoms with Gasteiger partial charge in [-0.05, 0) is 43.4 Å². The normalized spacial score (nSPS) is 15.7. The van der Waals surface area contributed by atoms with Gasteiger partial charge in [0.05, 0.1) is 11.4 Å². The second kappa shape index (κ2) is 7.57. The standard InChI is InChI=1S/C17H21ClN4OS/c1-12-5-7-21(8-6-12)16(23)10-24-17-20-19-11-22(17)14-4-3-13(2)15(18)9-14/h3-4,9,11-12H,5-8,10H2,1-2H3. The molecule has 0 bridgehead atoms. The van der Waals surface area contributed by atoms with Crippen LogP contribution in [0.4, 0.5) is 0 Å². The van der Waals surface area contributed by atoms with Gasteiger partial charge < -0.3 is 4.90 Å². The molecule has 2 heterocycles. The number of nitrogens with zero attached hydrogens (tertiary/aromatic N) is 4. The number of carbonyl (C=O) groups excluding carboxylic acids is 1. The van der Waals surface area contributed by atoms with Gasteiger partial charge in [0.25, 0.3) is 0 Å². The van der Waals surface area contributed by atoms with Gasteiger partial charge in [-0.1, -0.05) is 36.4 Å². The van der Waals surface area contributed by atoms with E-state index < -0.39 is 0 Å². The zero-order chi connectivity index (χ0) is 17.1. The van der Waals surface area contributed by atoms with E-state index in [1.54, 1.807) is 6.33 Å². The Kier molecular flexibility index (Phi) is 5.46. The number of aryl methyl sites for hydroxylation is 1. The highest BCUT2D eigenvalue weighted by molar-refractivity contribution is 7.99. The molecule has 0 spiro atoms. The molecule has 0 saturated carbocycles. The predicted molar refractivity (Wildman–Crippen MR) is 96.8 cm³/mol. The first-order chi connectivity index (χ1) is 11.5. The quantitative estimate of drug-likeness (QED) is 0.778. The summed E-state index contributed by atoms with van der Waals surface area (Å²) in [7, 11) is 0. The van der Waals surface area contributed by atoms with E-state index >= 15 is 0 Å². The summed E-state index contributed by atoms with van der Waals surface area (Å²) in [5.41, 5.74) is 1.93. The molecule has 7 heteroatoms. The number of likely N-dealkylation sites (tertiary alicyclic amines) is 1. The lowest BCUT2D eigenvalue weighted by molar-refractivity contribution is -0.129. The topological polar surface area (TPSA) is 51.0 Å². The van der Waals surface area contributed by atoms with Crippen molar-refractivity contribution >= 4 is 29.3 Å². The first-order valence-electron chi connectivity index (χ1n) is 8.11. The van der Waals surface area contributed by atoms with Crippen LogP contribution in [0.15, 0.2) is 29.7 Å². The van der Waals surface area contributed by atoms with Gasteiger partial charge in [0.15, 0.2) is 5.16 Å². The molecule has 1 aromatic heterocycles. The number of carbonyl (C=O) groups is 1. The summed E-state index contributed by atoms with van der Waals surface area (Å²) in [5.74, 6) is 1.27. The van der Waals surface area contributed by atoms with E-state index in [0.29, 0.717) is 15.9 Å². The Morgan fingerprint density at radius 3 is 2.83 bits per heavy atom. The van der Waals surface area contributed by atoms with Crippen LogP contribution in [-0.4, -0.2) is 44.4 Å². The fraction of sp³-hybridized carbons (Fsp3) is 0.471. The summed E-state index contributed by atoms with van der Waals surface area (Å²) in [4.78, 5) is 14.3. The van der Waals surface area contributed by atoms with Crippen LogP contribution < -0.4 is 0 Å². The zero-order valence-electron chi connectivity index (χ0n) is 13.9. The van der Waals surface area contributed by atoms with Gasteiger partial charge in [-0.25, -0.2) is 0 Å². The van der Waals surface area contributed by atoms with Crippen LogP contribution in [0.3, 0.4) is 0 Å². The molecular formula is C17H21ClN4OS. The Balaban J connectivity index is 1.65. The van der Waals surface area contributed by atoms with E-state index in [9.17, 15) is 4.79 Å². The van der Waals surface area contributed by atoms with Crippen molar-refractivity contribution in [1.29, 1.82) is 0 Å². The Hall–Kier alpha value is -1.53. The van der Waals surface area contributed by atoms with Crippen molar-refractivity contribution in [2.75, 3.05) is 18.8 Å². The summed E-state index contributed by atoms with van der Waals surface area (Å²) in [6.07, 6.45) is 3.83. The lowest BCUT2D eigenvalue weighted by atomic mass is 9.99. The molecule has 24 heavy (non-hydrogen) atoms. The molecule has 3 rings (SSSR count). The number of halogens is 1. The first-order valence-corrected chi connectivity index (χ1v) is 9.48. The number of benzene rings is 1. The van der Waals surface area contributed by atoms with Crippen molar-refractivity contribution in [3.05, 3.63) is 35.1 Å². The molecule has 1 amide bonds. The average Bonchev–Trinajstić information content (AvgIpc) is 3.04. The van der Waals surface area contributed by atoms with Gasteiger partial charge in [-0.3, -0.25) is 9.36 Å². The number of rotatable bonds is 4. The van der Waals surface area contributed by atoms with Crippen molar-refractivity contribution in [2.24, 2.45) is 5.92 Å². The van der Waals surface area contributed by atoms with Crippen LogP contribution in [0.1, 0.15) is 25.3 Å². The van der Waals surface area contributed by atoms with Crippen molar-refractivity contribution in [1.82, 2.24) is 19.7 Å². The molecular weight excluding hydrogens is 344 g/mol. The van der Waals surface area contributed by atoms with E-state index in [2.05, 4.69) is 17.1 Å². The molecule has 1 saturated heterocycles. The van der Waals surface area contributed by atoms with Crippen LogP contribution >= 0.6 is 23.4 Å². The third-order valence-corrected chi connectivity index (χ3v) is 5.75. The molecule has 1 fully saturated rings. The highest BCUT2D eigenvalue weighted by Crippen LogP contribution is 2.24. The van der Waals surface area contributed by atoms with Gasteiger partial charge in [0.2, 0.25) is 5.91 Å². The highest BCUT2D eigenvalue weighted by Gasteiger charge is 2.21. The SMILES string of the molecule is Cc1ccc(-n2cnnc2SCC(=O)N2CCC(C)CC2)cc1Cl. The van der Waals surface area contributed by atoms with Crippen LogP contribution in [0.2, 0.25) is 5.02 Å². The Labute approximate surface area is 151 Å². The summed E-state index contributed by atoms with van der Waals surface area (Å²) < 4.78 is 1.86. The summed E-state index contributed by atoms with van der Waals surface area (Å²) in [6.45, 7) is 5.93. The smallest absolute Gasteiger partial charge is 0.233 e. The number of thioether (sulfide) groups is 1. The fourth-order valence-corrected chi connectivity index (χ4v) is 3.71. The lowest BCUT2D eigenvalue weighted by Crippen LogP contribution is -2.38.